The zero-order chi connectivity index (χ0) is 12.7. The van der Waals surface area contributed by atoms with E-state index in [1.807, 2.05) is 6.07 Å². The standard InChI is InChI=1S/C13H17ClN2O/c1-3-16(6-7-17-2)10-12-5-4-11(9-15)8-13(12)14/h4-5,8H,3,6-7,10H2,1-2H3. The second kappa shape index (κ2) is 7.29. The SMILES string of the molecule is CCN(CCOC)Cc1ccc(C#N)cc1Cl. The molecule has 4 heteroatoms. The third kappa shape index (κ3) is 4.35. The number of halogens is 1. The molecule has 0 aliphatic rings. The van der Waals surface area contributed by atoms with Gasteiger partial charge in [-0.25, -0.2) is 0 Å². The van der Waals surface area contributed by atoms with Gasteiger partial charge in [0.1, 0.15) is 0 Å². The Morgan fingerprint density at radius 3 is 2.76 bits per heavy atom. The van der Waals surface area contributed by atoms with Crippen molar-refractivity contribution in [3.8, 4) is 6.07 Å². The van der Waals surface area contributed by atoms with E-state index >= 15 is 0 Å². The summed E-state index contributed by atoms with van der Waals surface area (Å²) >= 11 is 6.13. The van der Waals surface area contributed by atoms with Crippen molar-refractivity contribution in [2.24, 2.45) is 0 Å². The van der Waals surface area contributed by atoms with Crippen LogP contribution in [0.2, 0.25) is 5.02 Å². The number of ether oxygens (including phenoxy) is 1. The minimum Gasteiger partial charge on any atom is -0.383 e. The van der Waals surface area contributed by atoms with Crippen molar-refractivity contribution in [3.05, 3.63) is 34.3 Å². The van der Waals surface area contributed by atoms with Gasteiger partial charge in [0.15, 0.2) is 0 Å². The molecular formula is C13H17ClN2O. The van der Waals surface area contributed by atoms with E-state index < -0.39 is 0 Å². The molecule has 0 heterocycles. The fourth-order valence-corrected chi connectivity index (χ4v) is 1.80. The van der Waals surface area contributed by atoms with Crippen molar-refractivity contribution in [2.75, 3.05) is 26.8 Å². The fourth-order valence-electron chi connectivity index (χ4n) is 1.56. The molecule has 1 aromatic rings. The monoisotopic (exact) mass is 252 g/mol. The topological polar surface area (TPSA) is 36.3 Å². The predicted molar refractivity (Wildman–Crippen MR) is 69.0 cm³/mol. The van der Waals surface area contributed by atoms with Crippen LogP contribution in [0.4, 0.5) is 0 Å². The number of nitriles is 1. The Morgan fingerprint density at radius 2 is 2.24 bits per heavy atom. The molecule has 0 spiro atoms. The van der Waals surface area contributed by atoms with E-state index in [4.69, 9.17) is 21.6 Å². The van der Waals surface area contributed by atoms with Crippen molar-refractivity contribution < 1.29 is 4.74 Å². The number of methoxy groups -OCH3 is 1. The van der Waals surface area contributed by atoms with E-state index in [1.165, 1.54) is 0 Å². The molecule has 0 fully saturated rings. The van der Waals surface area contributed by atoms with Gasteiger partial charge in [-0.3, -0.25) is 4.90 Å². The first kappa shape index (κ1) is 14.0. The Hall–Kier alpha value is -1.08. The molecule has 0 aromatic heterocycles. The molecule has 0 radical (unpaired) electrons. The molecule has 0 atom stereocenters. The van der Waals surface area contributed by atoms with E-state index in [-0.39, 0.29) is 0 Å². The number of rotatable bonds is 6. The minimum absolute atomic E-state index is 0.596. The largest absolute Gasteiger partial charge is 0.383 e. The molecule has 1 rings (SSSR count). The summed E-state index contributed by atoms with van der Waals surface area (Å²) in [5.41, 5.74) is 1.64. The summed E-state index contributed by atoms with van der Waals surface area (Å²) < 4.78 is 5.06. The average molecular weight is 253 g/mol. The third-order valence-corrected chi connectivity index (χ3v) is 2.99. The molecule has 0 amide bonds. The molecule has 0 saturated carbocycles. The molecule has 1 aromatic carbocycles. The smallest absolute Gasteiger partial charge is 0.0992 e. The summed E-state index contributed by atoms with van der Waals surface area (Å²) in [6, 6.07) is 7.50. The number of hydrogen-bond acceptors (Lipinski definition) is 3. The number of hydrogen-bond donors (Lipinski definition) is 0. The van der Waals surface area contributed by atoms with Crippen molar-refractivity contribution >= 4 is 11.6 Å². The first-order valence-electron chi connectivity index (χ1n) is 5.61. The summed E-state index contributed by atoms with van der Waals surface area (Å²) in [7, 11) is 1.70. The van der Waals surface area contributed by atoms with Crippen molar-refractivity contribution in [1.29, 1.82) is 5.26 Å². The van der Waals surface area contributed by atoms with Gasteiger partial charge in [-0.15, -0.1) is 0 Å². The predicted octanol–water partition coefficient (Wildman–Crippen LogP) is 2.68. The fraction of sp³-hybridized carbons (Fsp3) is 0.462. The first-order valence-corrected chi connectivity index (χ1v) is 5.98. The lowest BCUT2D eigenvalue weighted by Crippen LogP contribution is -2.26. The molecule has 0 bridgehead atoms. The van der Waals surface area contributed by atoms with E-state index in [0.717, 1.165) is 25.2 Å². The van der Waals surface area contributed by atoms with Crippen LogP contribution >= 0.6 is 11.6 Å². The van der Waals surface area contributed by atoms with Crippen LogP contribution in [-0.2, 0) is 11.3 Å². The highest BCUT2D eigenvalue weighted by Gasteiger charge is 2.07. The van der Waals surface area contributed by atoms with E-state index in [2.05, 4.69) is 17.9 Å². The maximum absolute atomic E-state index is 8.76. The van der Waals surface area contributed by atoms with Crippen LogP contribution < -0.4 is 0 Å². The highest BCUT2D eigenvalue weighted by molar-refractivity contribution is 6.31. The van der Waals surface area contributed by atoms with Gasteiger partial charge < -0.3 is 4.74 Å². The minimum atomic E-state index is 0.596. The summed E-state index contributed by atoms with van der Waals surface area (Å²) in [6.45, 7) is 5.42. The normalized spacial score (nSPS) is 10.5. The average Bonchev–Trinajstić information content (AvgIpc) is 2.36. The van der Waals surface area contributed by atoms with Crippen LogP contribution in [0.15, 0.2) is 18.2 Å². The molecule has 0 aliphatic heterocycles. The van der Waals surface area contributed by atoms with Gasteiger partial charge in [0, 0.05) is 25.2 Å². The molecule has 3 nitrogen and oxygen atoms in total. The van der Waals surface area contributed by atoms with Crippen LogP contribution in [0.3, 0.4) is 0 Å². The molecule has 0 unspecified atom stereocenters. The summed E-state index contributed by atoms with van der Waals surface area (Å²) in [4.78, 5) is 2.25. The second-order valence-corrected chi connectivity index (χ2v) is 4.19. The highest BCUT2D eigenvalue weighted by atomic mass is 35.5. The maximum Gasteiger partial charge on any atom is 0.0992 e. The lowest BCUT2D eigenvalue weighted by molar-refractivity contribution is 0.147. The quantitative estimate of drug-likeness (QED) is 0.781. The molecular weight excluding hydrogens is 236 g/mol. The number of nitrogens with zero attached hydrogens (tertiary/aromatic N) is 2. The van der Waals surface area contributed by atoms with Gasteiger partial charge in [0.25, 0.3) is 0 Å². The highest BCUT2D eigenvalue weighted by Crippen LogP contribution is 2.19. The Balaban J connectivity index is 2.69. The zero-order valence-electron chi connectivity index (χ0n) is 10.2. The van der Waals surface area contributed by atoms with Crippen molar-refractivity contribution in [1.82, 2.24) is 4.90 Å². The molecule has 0 aliphatic carbocycles. The van der Waals surface area contributed by atoms with Gasteiger partial charge >= 0.3 is 0 Å². The summed E-state index contributed by atoms with van der Waals surface area (Å²) in [5.74, 6) is 0. The van der Waals surface area contributed by atoms with Crippen LogP contribution in [0.1, 0.15) is 18.1 Å². The van der Waals surface area contributed by atoms with Crippen molar-refractivity contribution in [2.45, 2.75) is 13.5 Å². The Labute approximate surface area is 108 Å². The Morgan fingerprint density at radius 1 is 1.47 bits per heavy atom. The first-order chi connectivity index (χ1) is 8.21. The molecule has 0 N–H and O–H groups in total. The molecule has 92 valence electrons. The number of benzene rings is 1. The Kier molecular flexibility index (Phi) is 5.99. The Bertz CT molecular complexity index is 401. The number of likely N-dealkylation sites (N-methyl/N-ethyl adjacent to an activating group) is 1. The summed E-state index contributed by atoms with van der Waals surface area (Å²) in [6.07, 6.45) is 0. The second-order valence-electron chi connectivity index (χ2n) is 3.78. The molecule has 0 saturated heterocycles. The van der Waals surface area contributed by atoms with Crippen LogP contribution in [0.5, 0.6) is 0 Å². The van der Waals surface area contributed by atoms with E-state index in [0.29, 0.717) is 17.2 Å². The third-order valence-electron chi connectivity index (χ3n) is 2.63. The van der Waals surface area contributed by atoms with Crippen LogP contribution in [-0.4, -0.2) is 31.7 Å². The van der Waals surface area contributed by atoms with Gasteiger partial charge in [-0.2, -0.15) is 5.26 Å². The molecule has 17 heavy (non-hydrogen) atoms. The van der Waals surface area contributed by atoms with E-state index in [1.54, 1.807) is 19.2 Å². The van der Waals surface area contributed by atoms with Gasteiger partial charge in [-0.05, 0) is 24.2 Å². The van der Waals surface area contributed by atoms with Gasteiger partial charge in [0.05, 0.1) is 18.2 Å². The van der Waals surface area contributed by atoms with Crippen LogP contribution in [0, 0.1) is 11.3 Å². The van der Waals surface area contributed by atoms with Gasteiger partial charge in [-0.1, -0.05) is 24.6 Å². The zero-order valence-corrected chi connectivity index (χ0v) is 11.0. The van der Waals surface area contributed by atoms with Gasteiger partial charge in [0.2, 0.25) is 0 Å². The maximum atomic E-state index is 8.76. The van der Waals surface area contributed by atoms with E-state index in [9.17, 15) is 0 Å². The lowest BCUT2D eigenvalue weighted by Gasteiger charge is -2.20. The van der Waals surface area contributed by atoms with Crippen molar-refractivity contribution in [3.63, 3.8) is 0 Å². The van der Waals surface area contributed by atoms with Crippen LogP contribution in [0.25, 0.3) is 0 Å². The summed E-state index contributed by atoms with van der Waals surface area (Å²) in [5, 5.41) is 9.41. The lowest BCUT2D eigenvalue weighted by atomic mass is 10.1.